The molecule has 2 amide bonds. The molecular weight excluding hydrogens is 497 g/mol. The van der Waals surface area contributed by atoms with Crippen LogP contribution >= 0.6 is 23.2 Å². The normalized spacial score (nSPS) is 10.4. The molecule has 13 heteroatoms. The molecule has 0 aliphatic carbocycles. The number of amides is 2. The molecule has 34 heavy (non-hydrogen) atoms. The molecule has 0 unspecified atom stereocenters. The average Bonchev–Trinajstić information content (AvgIpc) is 2.81. The van der Waals surface area contributed by atoms with E-state index in [-0.39, 0.29) is 26.9 Å². The van der Waals surface area contributed by atoms with Gasteiger partial charge in [0, 0.05) is 15.6 Å². The van der Waals surface area contributed by atoms with Gasteiger partial charge in [-0.15, -0.1) is 9.81 Å². The molecule has 0 aromatic heterocycles. The lowest BCUT2D eigenvalue weighted by Gasteiger charge is -2.13. The summed E-state index contributed by atoms with van der Waals surface area (Å²) in [4.78, 5) is 47.5. The van der Waals surface area contributed by atoms with E-state index < -0.39 is 46.2 Å². The lowest BCUT2D eigenvalue weighted by atomic mass is 10.1. The van der Waals surface area contributed by atoms with E-state index in [2.05, 4.69) is 21.0 Å². The standard InChI is InChI=1S/C21H12Cl2F2N4O5/c1-34-17-3-2-9(20(30)26-18-13(24)5-10(22)7-15(18)28-32)4-12(17)21(31)27-19-14(25)6-11(23)8-16(19)29-33/h2-8H,1H3,(H,26,30)(H,27,31). The van der Waals surface area contributed by atoms with Crippen molar-refractivity contribution in [3.05, 3.63) is 85.1 Å². The largest absolute Gasteiger partial charge is 0.496 e. The number of nitrogens with zero attached hydrogens (tertiary/aromatic N) is 2. The predicted molar refractivity (Wildman–Crippen MR) is 123 cm³/mol. The summed E-state index contributed by atoms with van der Waals surface area (Å²) >= 11 is 11.4. The van der Waals surface area contributed by atoms with Gasteiger partial charge in [-0.25, -0.2) is 8.78 Å². The fourth-order valence-electron chi connectivity index (χ4n) is 2.90. The molecule has 0 fully saturated rings. The van der Waals surface area contributed by atoms with Gasteiger partial charge in [-0.05, 0) is 52.8 Å². The Kier molecular flexibility index (Phi) is 7.49. The third-order valence-electron chi connectivity index (χ3n) is 4.45. The van der Waals surface area contributed by atoms with E-state index in [1.54, 1.807) is 0 Å². The molecule has 3 aromatic carbocycles. The molecule has 0 radical (unpaired) electrons. The van der Waals surface area contributed by atoms with Gasteiger partial charge >= 0.3 is 0 Å². The number of nitroso groups, excluding NO2 is 2. The van der Waals surface area contributed by atoms with E-state index >= 15 is 0 Å². The third-order valence-corrected chi connectivity index (χ3v) is 4.88. The minimum Gasteiger partial charge on any atom is -0.496 e. The van der Waals surface area contributed by atoms with Gasteiger partial charge in [0.15, 0.2) is 11.6 Å². The van der Waals surface area contributed by atoms with Crippen LogP contribution in [0.5, 0.6) is 5.75 Å². The number of halogens is 4. The van der Waals surface area contributed by atoms with Gasteiger partial charge in [0.1, 0.15) is 28.5 Å². The predicted octanol–water partition coefficient (Wildman–Crippen LogP) is 6.58. The number of carbonyl (C=O) groups excluding carboxylic acids is 2. The zero-order valence-corrected chi connectivity index (χ0v) is 18.5. The molecule has 3 rings (SSSR count). The summed E-state index contributed by atoms with van der Waals surface area (Å²) in [6, 6.07) is 7.44. The van der Waals surface area contributed by atoms with Gasteiger partial charge in [-0.1, -0.05) is 23.2 Å². The van der Waals surface area contributed by atoms with Crippen molar-refractivity contribution >= 4 is 57.8 Å². The van der Waals surface area contributed by atoms with Crippen LogP contribution in [0.3, 0.4) is 0 Å². The molecule has 0 atom stereocenters. The highest BCUT2D eigenvalue weighted by atomic mass is 35.5. The fourth-order valence-corrected chi connectivity index (χ4v) is 3.30. The maximum atomic E-state index is 14.3. The highest BCUT2D eigenvalue weighted by Gasteiger charge is 2.21. The topological polar surface area (TPSA) is 126 Å². The van der Waals surface area contributed by atoms with Crippen LogP contribution < -0.4 is 15.4 Å². The number of carbonyl (C=O) groups is 2. The molecule has 0 spiro atoms. The van der Waals surface area contributed by atoms with Gasteiger partial charge in [0.25, 0.3) is 11.8 Å². The van der Waals surface area contributed by atoms with Crippen molar-refractivity contribution in [3.8, 4) is 5.75 Å². The van der Waals surface area contributed by atoms with E-state index in [0.29, 0.717) is 0 Å². The van der Waals surface area contributed by atoms with E-state index in [1.807, 2.05) is 0 Å². The number of rotatable bonds is 7. The number of nitrogens with one attached hydrogen (secondary N) is 2. The molecule has 0 bridgehead atoms. The van der Waals surface area contributed by atoms with Gasteiger partial charge < -0.3 is 15.4 Å². The van der Waals surface area contributed by atoms with Crippen LogP contribution in [-0.2, 0) is 0 Å². The zero-order valence-electron chi connectivity index (χ0n) is 17.0. The summed E-state index contributed by atoms with van der Waals surface area (Å²) in [6.45, 7) is 0. The van der Waals surface area contributed by atoms with Crippen molar-refractivity contribution in [3.63, 3.8) is 0 Å². The van der Waals surface area contributed by atoms with E-state index in [4.69, 9.17) is 27.9 Å². The maximum absolute atomic E-state index is 14.3. The Labute approximate surface area is 200 Å². The quantitative estimate of drug-likeness (QED) is 0.348. The number of anilines is 2. The summed E-state index contributed by atoms with van der Waals surface area (Å²) in [6.07, 6.45) is 0. The smallest absolute Gasteiger partial charge is 0.259 e. The Hall–Kier alpha value is -3.96. The molecule has 0 aliphatic rings. The molecular formula is C21H12Cl2F2N4O5. The van der Waals surface area contributed by atoms with Gasteiger partial charge in [0.05, 0.1) is 12.7 Å². The molecule has 3 aromatic rings. The van der Waals surface area contributed by atoms with Gasteiger partial charge in [-0.3, -0.25) is 9.59 Å². The summed E-state index contributed by atoms with van der Waals surface area (Å²) in [5.74, 6) is -3.89. The molecule has 9 nitrogen and oxygen atoms in total. The molecule has 0 heterocycles. The number of hydrogen-bond acceptors (Lipinski definition) is 7. The highest BCUT2D eigenvalue weighted by molar-refractivity contribution is 6.31. The number of methoxy groups -OCH3 is 1. The second kappa shape index (κ2) is 10.3. The lowest BCUT2D eigenvalue weighted by Crippen LogP contribution is -2.17. The summed E-state index contributed by atoms with van der Waals surface area (Å²) in [5, 5.41) is 9.44. The number of ether oxygens (including phenoxy) is 1. The number of hydrogen-bond donors (Lipinski definition) is 2. The Morgan fingerprint density at radius 2 is 1.32 bits per heavy atom. The second-order valence-corrected chi connectivity index (χ2v) is 7.44. The first kappa shape index (κ1) is 24.7. The van der Waals surface area contributed by atoms with E-state index in [9.17, 15) is 28.2 Å². The summed E-state index contributed by atoms with van der Waals surface area (Å²) in [7, 11) is 1.25. The van der Waals surface area contributed by atoms with Crippen molar-refractivity contribution in [1.29, 1.82) is 0 Å². The van der Waals surface area contributed by atoms with Crippen molar-refractivity contribution in [2.24, 2.45) is 10.4 Å². The zero-order chi connectivity index (χ0) is 25.0. The average molecular weight is 509 g/mol. The second-order valence-electron chi connectivity index (χ2n) is 6.57. The molecule has 174 valence electrons. The fraction of sp³-hybridized carbons (Fsp3) is 0.0476. The van der Waals surface area contributed by atoms with Crippen LogP contribution in [-0.4, -0.2) is 18.9 Å². The van der Waals surface area contributed by atoms with E-state index in [0.717, 1.165) is 30.3 Å². The summed E-state index contributed by atoms with van der Waals surface area (Å²) in [5.41, 5.74) is -2.34. The first-order chi connectivity index (χ1) is 16.2. The van der Waals surface area contributed by atoms with Crippen molar-refractivity contribution in [2.75, 3.05) is 17.7 Å². The Bertz CT molecular complexity index is 1340. The molecule has 0 saturated carbocycles. The van der Waals surface area contributed by atoms with Crippen LogP contribution in [0.2, 0.25) is 10.0 Å². The Morgan fingerprint density at radius 3 is 1.79 bits per heavy atom. The minimum absolute atomic E-state index is 0.00282. The molecule has 0 aliphatic heterocycles. The first-order valence-electron chi connectivity index (χ1n) is 9.14. The summed E-state index contributed by atoms with van der Waals surface area (Å²) < 4.78 is 33.6. The Balaban J connectivity index is 1.96. The monoisotopic (exact) mass is 508 g/mol. The minimum atomic E-state index is -1.02. The maximum Gasteiger partial charge on any atom is 0.259 e. The van der Waals surface area contributed by atoms with Gasteiger partial charge in [0.2, 0.25) is 0 Å². The first-order valence-corrected chi connectivity index (χ1v) is 9.89. The Morgan fingerprint density at radius 1 is 0.824 bits per heavy atom. The third kappa shape index (κ3) is 5.16. The number of benzene rings is 3. The van der Waals surface area contributed by atoms with Crippen molar-refractivity contribution in [1.82, 2.24) is 0 Å². The molecule has 2 N–H and O–H groups in total. The van der Waals surface area contributed by atoms with Crippen LogP contribution in [0.25, 0.3) is 0 Å². The van der Waals surface area contributed by atoms with Crippen molar-refractivity contribution < 1.29 is 23.1 Å². The van der Waals surface area contributed by atoms with Crippen LogP contribution in [0.4, 0.5) is 31.5 Å². The SMILES string of the molecule is COc1ccc(C(=O)Nc2c(F)cc(Cl)cc2N=O)cc1C(=O)Nc1c(F)cc(Cl)cc1N=O. The van der Waals surface area contributed by atoms with Crippen LogP contribution in [0.15, 0.2) is 52.8 Å². The van der Waals surface area contributed by atoms with Crippen LogP contribution in [0.1, 0.15) is 20.7 Å². The highest BCUT2D eigenvalue weighted by Crippen LogP contribution is 2.34. The van der Waals surface area contributed by atoms with Gasteiger partial charge in [-0.2, -0.15) is 0 Å². The molecule has 0 saturated heterocycles. The van der Waals surface area contributed by atoms with Crippen LogP contribution in [0, 0.1) is 21.4 Å². The lowest BCUT2D eigenvalue weighted by molar-refractivity contribution is 0.102. The van der Waals surface area contributed by atoms with Crippen molar-refractivity contribution in [2.45, 2.75) is 0 Å². The van der Waals surface area contributed by atoms with E-state index in [1.165, 1.54) is 19.2 Å².